The Morgan fingerprint density at radius 3 is 2.80 bits per heavy atom. The summed E-state index contributed by atoms with van der Waals surface area (Å²) in [5, 5.41) is 6.82. The number of benzene rings is 1. The molecule has 1 unspecified atom stereocenters. The van der Waals surface area contributed by atoms with Crippen molar-refractivity contribution in [2.24, 2.45) is 5.92 Å². The highest BCUT2D eigenvalue weighted by molar-refractivity contribution is 6.30. The SMILES string of the molecule is Cl.O=C(NCCOc1ccc(Cl)cc1)C1CCCNC1. The number of carbonyl (C=O) groups is 1. The van der Waals surface area contributed by atoms with Gasteiger partial charge in [-0.3, -0.25) is 4.79 Å². The zero-order valence-corrected chi connectivity index (χ0v) is 12.8. The smallest absolute Gasteiger partial charge is 0.224 e. The van der Waals surface area contributed by atoms with Gasteiger partial charge in [0.1, 0.15) is 12.4 Å². The molecule has 0 saturated carbocycles. The molecule has 0 aliphatic carbocycles. The number of hydrogen-bond acceptors (Lipinski definition) is 3. The van der Waals surface area contributed by atoms with Crippen LogP contribution in [0.4, 0.5) is 0 Å². The Labute approximate surface area is 130 Å². The van der Waals surface area contributed by atoms with Crippen LogP contribution in [-0.4, -0.2) is 32.1 Å². The Balaban J connectivity index is 0.00000200. The normalized spacial score (nSPS) is 17.9. The molecule has 1 atom stereocenters. The first kappa shape index (κ1) is 17.1. The topological polar surface area (TPSA) is 50.4 Å². The second kappa shape index (κ2) is 9.06. The molecule has 2 rings (SSSR count). The van der Waals surface area contributed by atoms with Crippen LogP contribution < -0.4 is 15.4 Å². The molecule has 2 N–H and O–H groups in total. The molecule has 1 aliphatic rings. The van der Waals surface area contributed by atoms with E-state index in [4.69, 9.17) is 16.3 Å². The Hall–Kier alpha value is -0.970. The van der Waals surface area contributed by atoms with Gasteiger partial charge in [-0.1, -0.05) is 11.6 Å². The van der Waals surface area contributed by atoms with Gasteiger partial charge < -0.3 is 15.4 Å². The van der Waals surface area contributed by atoms with Crippen molar-refractivity contribution in [3.8, 4) is 5.75 Å². The van der Waals surface area contributed by atoms with Crippen molar-refractivity contribution >= 4 is 29.9 Å². The molecular weight excluding hydrogens is 299 g/mol. The Morgan fingerprint density at radius 2 is 2.15 bits per heavy atom. The van der Waals surface area contributed by atoms with Crippen molar-refractivity contribution in [3.63, 3.8) is 0 Å². The minimum atomic E-state index is 0. The predicted molar refractivity (Wildman–Crippen MR) is 82.8 cm³/mol. The van der Waals surface area contributed by atoms with Gasteiger partial charge in [-0.15, -0.1) is 12.4 Å². The third-order valence-electron chi connectivity index (χ3n) is 3.15. The number of rotatable bonds is 5. The highest BCUT2D eigenvalue weighted by Crippen LogP contribution is 2.15. The van der Waals surface area contributed by atoms with Crippen molar-refractivity contribution in [3.05, 3.63) is 29.3 Å². The molecule has 1 aromatic carbocycles. The van der Waals surface area contributed by atoms with Gasteiger partial charge in [-0.05, 0) is 43.7 Å². The minimum Gasteiger partial charge on any atom is -0.492 e. The van der Waals surface area contributed by atoms with E-state index in [9.17, 15) is 4.79 Å². The molecule has 0 radical (unpaired) electrons. The largest absolute Gasteiger partial charge is 0.492 e. The van der Waals surface area contributed by atoms with Crippen molar-refractivity contribution in [1.29, 1.82) is 0 Å². The van der Waals surface area contributed by atoms with Crippen LogP contribution in [0.25, 0.3) is 0 Å². The summed E-state index contributed by atoms with van der Waals surface area (Å²) in [6.07, 6.45) is 2.04. The van der Waals surface area contributed by atoms with Crippen LogP contribution in [0.1, 0.15) is 12.8 Å². The van der Waals surface area contributed by atoms with E-state index in [1.165, 1.54) is 0 Å². The molecule has 0 spiro atoms. The van der Waals surface area contributed by atoms with E-state index in [1.807, 2.05) is 12.1 Å². The Morgan fingerprint density at radius 1 is 1.40 bits per heavy atom. The van der Waals surface area contributed by atoms with Gasteiger partial charge >= 0.3 is 0 Å². The number of ether oxygens (including phenoxy) is 1. The maximum atomic E-state index is 11.8. The third-order valence-corrected chi connectivity index (χ3v) is 3.40. The van der Waals surface area contributed by atoms with Crippen LogP contribution in [0.15, 0.2) is 24.3 Å². The second-order valence-corrected chi connectivity index (χ2v) is 5.07. The molecule has 4 nitrogen and oxygen atoms in total. The van der Waals surface area contributed by atoms with Gasteiger partial charge in [0.15, 0.2) is 0 Å². The quantitative estimate of drug-likeness (QED) is 0.819. The van der Waals surface area contributed by atoms with Crippen LogP contribution in [0.5, 0.6) is 5.75 Å². The lowest BCUT2D eigenvalue weighted by atomic mass is 9.99. The van der Waals surface area contributed by atoms with E-state index in [2.05, 4.69) is 10.6 Å². The molecule has 6 heteroatoms. The summed E-state index contributed by atoms with van der Waals surface area (Å²) in [5.41, 5.74) is 0. The highest BCUT2D eigenvalue weighted by Gasteiger charge is 2.20. The van der Waals surface area contributed by atoms with Crippen LogP contribution in [0.2, 0.25) is 5.02 Å². The van der Waals surface area contributed by atoms with Crippen molar-refractivity contribution in [2.45, 2.75) is 12.8 Å². The first-order valence-electron chi connectivity index (χ1n) is 6.62. The maximum absolute atomic E-state index is 11.8. The van der Waals surface area contributed by atoms with E-state index in [-0.39, 0.29) is 24.2 Å². The molecule has 112 valence electrons. The summed E-state index contributed by atoms with van der Waals surface area (Å²) >= 11 is 5.78. The minimum absolute atomic E-state index is 0. The summed E-state index contributed by atoms with van der Waals surface area (Å²) in [6.45, 7) is 2.79. The lowest BCUT2D eigenvalue weighted by Gasteiger charge is -2.21. The Bertz CT molecular complexity index is 406. The molecule has 20 heavy (non-hydrogen) atoms. The summed E-state index contributed by atoms with van der Waals surface area (Å²) < 4.78 is 5.51. The van der Waals surface area contributed by atoms with Crippen molar-refractivity contribution in [1.82, 2.24) is 10.6 Å². The molecule has 0 bridgehead atoms. The van der Waals surface area contributed by atoms with Gasteiger partial charge in [0, 0.05) is 11.6 Å². The number of piperidine rings is 1. The molecule has 1 aromatic rings. The number of amides is 1. The second-order valence-electron chi connectivity index (χ2n) is 4.64. The van der Waals surface area contributed by atoms with Crippen LogP contribution in [0.3, 0.4) is 0 Å². The fourth-order valence-electron chi connectivity index (χ4n) is 2.09. The number of nitrogens with one attached hydrogen (secondary N) is 2. The number of carbonyl (C=O) groups excluding carboxylic acids is 1. The summed E-state index contributed by atoms with van der Waals surface area (Å²) in [5.74, 6) is 0.981. The van der Waals surface area contributed by atoms with Crippen LogP contribution in [-0.2, 0) is 4.79 Å². The van der Waals surface area contributed by atoms with E-state index >= 15 is 0 Å². The molecule has 1 aliphatic heterocycles. The third kappa shape index (κ3) is 5.57. The van der Waals surface area contributed by atoms with Crippen LogP contribution >= 0.6 is 24.0 Å². The molecule has 1 amide bonds. The fraction of sp³-hybridized carbons (Fsp3) is 0.500. The maximum Gasteiger partial charge on any atom is 0.224 e. The van der Waals surface area contributed by atoms with E-state index < -0.39 is 0 Å². The van der Waals surface area contributed by atoms with E-state index in [1.54, 1.807) is 12.1 Å². The van der Waals surface area contributed by atoms with Gasteiger partial charge in [0.05, 0.1) is 12.5 Å². The monoisotopic (exact) mass is 318 g/mol. The molecule has 1 saturated heterocycles. The van der Waals surface area contributed by atoms with Crippen molar-refractivity contribution < 1.29 is 9.53 Å². The van der Waals surface area contributed by atoms with Crippen molar-refractivity contribution in [2.75, 3.05) is 26.2 Å². The van der Waals surface area contributed by atoms with E-state index in [0.29, 0.717) is 18.2 Å². The fourth-order valence-corrected chi connectivity index (χ4v) is 2.22. The summed E-state index contributed by atoms with van der Waals surface area (Å²) in [7, 11) is 0. The first-order chi connectivity index (χ1) is 9.25. The zero-order chi connectivity index (χ0) is 13.5. The van der Waals surface area contributed by atoms with E-state index in [0.717, 1.165) is 31.7 Å². The molecule has 1 heterocycles. The first-order valence-corrected chi connectivity index (χ1v) is 7.00. The standard InChI is InChI=1S/C14H19ClN2O2.ClH/c15-12-3-5-13(6-4-12)19-9-8-17-14(18)11-2-1-7-16-10-11;/h3-6,11,16H,1-2,7-10H2,(H,17,18);1H. The Kier molecular flexibility index (Phi) is 7.73. The summed E-state index contributed by atoms with van der Waals surface area (Å²) in [4.78, 5) is 11.8. The van der Waals surface area contributed by atoms with Gasteiger partial charge in [-0.2, -0.15) is 0 Å². The predicted octanol–water partition coefficient (Wildman–Crippen LogP) is 2.26. The average molecular weight is 319 g/mol. The van der Waals surface area contributed by atoms with Crippen LogP contribution in [0, 0.1) is 5.92 Å². The lowest BCUT2D eigenvalue weighted by Crippen LogP contribution is -2.41. The molecule has 1 fully saturated rings. The highest BCUT2D eigenvalue weighted by atomic mass is 35.5. The lowest BCUT2D eigenvalue weighted by molar-refractivity contribution is -0.125. The zero-order valence-electron chi connectivity index (χ0n) is 11.2. The van der Waals surface area contributed by atoms with Gasteiger partial charge in [0.2, 0.25) is 5.91 Å². The molecular formula is C14H20Cl2N2O2. The van der Waals surface area contributed by atoms with Gasteiger partial charge in [0.25, 0.3) is 0 Å². The number of halogens is 2. The number of hydrogen-bond donors (Lipinski definition) is 2. The summed E-state index contributed by atoms with van der Waals surface area (Å²) in [6, 6.07) is 7.19. The average Bonchev–Trinajstić information content (AvgIpc) is 2.46. The molecule has 0 aromatic heterocycles. The van der Waals surface area contributed by atoms with Gasteiger partial charge in [-0.25, -0.2) is 0 Å².